The van der Waals surface area contributed by atoms with E-state index in [2.05, 4.69) is 5.32 Å². The van der Waals surface area contributed by atoms with Crippen molar-refractivity contribution in [3.8, 4) is 5.75 Å². The van der Waals surface area contributed by atoms with Gasteiger partial charge < -0.3 is 25.2 Å². The number of nitrogens with zero attached hydrogens (tertiary/aromatic N) is 1. The van der Waals surface area contributed by atoms with Gasteiger partial charge in [0, 0.05) is 30.4 Å². The van der Waals surface area contributed by atoms with Crippen LogP contribution in [0.5, 0.6) is 5.75 Å². The molecular weight excluding hydrogens is 308 g/mol. The summed E-state index contributed by atoms with van der Waals surface area (Å²) in [5.74, 6) is 0.293. The van der Waals surface area contributed by atoms with Gasteiger partial charge in [0.15, 0.2) is 0 Å². The summed E-state index contributed by atoms with van der Waals surface area (Å²) in [6.45, 7) is 0.766. The molecule has 128 valence electrons. The predicted octanol–water partition coefficient (Wildman–Crippen LogP) is 1.74. The van der Waals surface area contributed by atoms with Crippen LogP contribution in [0.1, 0.15) is 10.4 Å². The van der Waals surface area contributed by atoms with Crippen LogP contribution in [-0.2, 0) is 0 Å². The van der Waals surface area contributed by atoms with Crippen LogP contribution in [0, 0.1) is 0 Å². The predicted molar refractivity (Wildman–Crippen MR) is 93.8 cm³/mol. The lowest BCUT2D eigenvalue weighted by molar-refractivity contribution is 0.102. The van der Waals surface area contributed by atoms with E-state index in [9.17, 15) is 4.79 Å². The third-order valence-electron chi connectivity index (χ3n) is 3.57. The maximum Gasteiger partial charge on any atom is 0.255 e. The molecule has 3 N–H and O–H groups in total. The maximum absolute atomic E-state index is 12.3. The number of carbonyl (C=O) groups excluding carboxylic acids is 1. The van der Waals surface area contributed by atoms with Gasteiger partial charge in [0.2, 0.25) is 0 Å². The Morgan fingerprint density at radius 1 is 1.08 bits per heavy atom. The van der Waals surface area contributed by atoms with Crippen molar-refractivity contribution in [2.45, 2.75) is 0 Å². The number of methoxy groups -OCH3 is 1. The lowest BCUT2D eigenvalue weighted by Crippen LogP contribution is -2.29. The zero-order chi connectivity index (χ0) is 17.4. The average Bonchev–Trinajstić information content (AvgIpc) is 2.62. The van der Waals surface area contributed by atoms with E-state index in [4.69, 9.17) is 14.9 Å². The monoisotopic (exact) mass is 330 g/mol. The first kappa shape index (κ1) is 17.8. The fourth-order valence-corrected chi connectivity index (χ4v) is 2.38. The van der Waals surface area contributed by atoms with E-state index in [1.165, 1.54) is 7.11 Å². The number of rotatable bonds is 8. The molecule has 0 radical (unpaired) electrons. The van der Waals surface area contributed by atoms with Crippen molar-refractivity contribution in [3.05, 3.63) is 54.1 Å². The van der Waals surface area contributed by atoms with Crippen LogP contribution in [0.3, 0.4) is 0 Å². The third kappa shape index (κ3) is 4.47. The van der Waals surface area contributed by atoms with Crippen molar-refractivity contribution in [1.82, 2.24) is 0 Å². The molecule has 0 aliphatic carbocycles. The zero-order valence-electron chi connectivity index (χ0n) is 13.6. The lowest BCUT2D eigenvalue weighted by atomic mass is 10.2. The van der Waals surface area contributed by atoms with Gasteiger partial charge in [0.05, 0.1) is 26.0 Å². The van der Waals surface area contributed by atoms with Crippen molar-refractivity contribution in [1.29, 1.82) is 0 Å². The van der Waals surface area contributed by atoms with Crippen molar-refractivity contribution in [2.24, 2.45) is 0 Å². The molecule has 0 aliphatic rings. The SMILES string of the molecule is COc1cc(N(CCO)CCO)ccc1NC(=O)c1ccccc1. The molecule has 1 amide bonds. The number of hydrogen-bond donors (Lipinski definition) is 3. The Hall–Kier alpha value is -2.57. The Morgan fingerprint density at radius 2 is 1.75 bits per heavy atom. The number of aliphatic hydroxyl groups excluding tert-OH is 2. The molecule has 0 fully saturated rings. The molecule has 0 heterocycles. The topological polar surface area (TPSA) is 82.0 Å². The summed E-state index contributed by atoms with van der Waals surface area (Å²) in [5.41, 5.74) is 1.92. The van der Waals surface area contributed by atoms with E-state index in [1.807, 2.05) is 17.0 Å². The molecular formula is C18H22N2O4. The second-order valence-electron chi connectivity index (χ2n) is 5.14. The summed E-state index contributed by atoms with van der Waals surface area (Å²) in [5, 5.41) is 21.1. The van der Waals surface area contributed by atoms with Gasteiger partial charge in [0.1, 0.15) is 5.75 Å². The smallest absolute Gasteiger partial charge is 0.255 e. The maximum atomic E-state index is 12.3. The molecule has 0 atom stereocenters. The molecule has 24 heavy (non-hydrogen) atoms. The Kier molecular flexibility index (Phi) is 6.60. The van der Waals surface area contributed by atoms with Gasteiger partial charge >= 0.3 is 0 Å². The van der Waals surface area contributed by atoms with Crippen LogP contribution in [0.2, 0.25) is 0 Å². The lowest BCUT2D eigenvalue weighted by Gasteiger charge is -2.24. The first-order chi connectivity index (χ1) is 11.7. The van der Waals surface area contributed by atoms with E-state index in [0.29, 0.717) is 30.1 Å². The minimum Gasteiger partial charge on any atom is -0.494 e. The molecule has 0 spiro atoms. The normalized spacial score (nSPS) is 10.3. The zero-order valence-corrected chi connectivity index (χ0v) is 13.6. The van der Waals surface area contributed by atoms with Crippen molar-refractivity contribution in [2.75, 3.05) is 43.6 Å². The second-order valence-corrected chi connectivity index (χ2v) is 5.14. The number of anilines is 2. The van der Waals surface area contributed by atoms with Gasteiger partial charge in [-0.3, -0.25) is 4.79 Å². The van der Waals surface area contributed by atoms with Gasteiger partial charge in [0.25, 0.3) is 5.91 Å². The number of nitrogens with one attached hydrogen (secondary N) is 1. The van der Waals surface area contributed by atoms with E-state index in [1.54, 1.807) is 36.4 Å². The van der Waals surface area contributed by atoms with Gasteiger partial charge in [-0.05, 0) is 24.3 Å². The Balaban J connectivity index is 2.21. The molecule has 0 aliphatic heterocycles. The highest BCUT2D eigenvalue weighted by Gasteiger charge is 2.13. The summed E-state index contributed by atoms with van der Waals surface area (Å²) in [7, 11) is 1.53. The number of amides is 1. The summed E-state index contributed by atoms with van der Waals surface area (Å²) in [6.07, 6.45) is 0. The number of aliphatic hydroxyl groups is 2. The van der Waals surface area contributed by atoms with Gasteiger partial charge in [-0.25, -0.2) is 0 Å². The number of benzene rings is 2. The summed E-state index contributed by atoms with van der Waals surface area (Å²) in [4.78, 5) is 14.1. The van der Waals surface area contributed by atoms with Crippen LogP contribution in [0.15, 0.2) is 48.5 Å². The first-order valence-electron chi connectivity index (χ1n) is 7.70. The molecule has 0 saturated heterocycles. The first-order valence-corrected chi connectivity index (χ1v) is 7.70. The molecule has 6 heteroatoms. The quantitative estimate of drug-likeness (QED) is 0.687. The largest absolute Gasteiger partial charge is 0.494 e. The van der Waals surface area contributed by atoms with E-state index >= 15 is 0 Å². The molecule has 2 aromatic rings. The highest BCUT2D eigenvalue weighted by atomic mass is 16.5. The molecule has 0 aromatic heterocycles. The number of hydrogen-bond acceptors (Lipinski definition) is 5. The summed E-state index contributed by atoms with van der Waals surface area (Å²) >= 11 is 0. The Bertz CT molecular complexity index is 655. The molecule has 0 bridgehead atoms. The number of ether oxygens (including phenoxy) is 1. The van der Waals surface area contributed by atoms with Gasteiger partial charge in [-0.1, -0.05) is 18.2 Å². The fraction of sp³-hybridized carbons (Fsp3) is 0.278. The van der Waals surface area contributed by atoms with Crippen LogP contribution < -0.4 is 15.0 Å². The van der Waals surface area contributed by atoms with E-state index in [0.717, 1.165) is 5.69 Å². The summed E-state index contributed by atoms with van der Waals surface area (Å²) < 4.78 is 5.36. The molecule has 2 aromatic carbocycles. The molecule has 6 nitrogen and oxygen atoms in total. The number of carbonyl (C=O) groups is 1. The van der Waals surface area contributed by atoms with Crippen molar-refractivity contribution >= 4 is 17.3 Å². The minimum atomic E-state index is -0.218. The average molecular weight is 330 g/mol. The van der Waals surface area contributed by atoms with Gasteiger partial charge in [-0.2, -0.15) is 0 Å². The fourth-order valence-electron chi connectivity index (χ4n) is 2.38. The van der Waals surface area contributed by atoms with Crippen LogP contribution in [0.4, 0.5) is 11.4 Å². The minimum absolute atomic E-state index is 0.0190. The summed E-state index contributed by atoms with van der Waals surface area (Å²) in [6, 6.07) is 14.3. The molecule has 0 unspecified atom stereocenters. The van der Waals surface area contributed by atoms with E-state index < -0.39 is 0 Å². The van der Waals surface area contributed by atoms with Crippen LogP contribution >= 0.6 is 0 Å². The van der Waals surface area contributed by atoms with Crippen LogP contribution in [0.25, 0.3) is 0 Å². The van der Waals surface area contributed by atoms with Crippen molar-refractivity contribution < 1.29 is 19.7 Å². The van der Waals surface area contributed by atoms with Crippen LogP contribution in [-0.4, -0.2) is 49.5 Å². The third-order valence-corrected chi connectivity index (χ3v) is 3.57. The Morgan fingerprint density at radius 3 is 2.33 bits per heavy atom. The van der Waals surface area contributed by atoms with Crippen molar-refractivity contribution in [3.63, 3.8) is 0 Å². The second kappa shape index (κ2) is 8.90. The highest BCUT2D eigenvalue weighted by molar-refractivity contribution is 6.05. The van der Waals surface area contributed by atoms with E-state index in [-0.39, 0.29) is 19.1 Å². The molecule has 2 rings (SSSR count). The van der Waals surface area contributed by atoms with Gasteiger partial charge in [-0.15, -0.1) is 0 Å². The Labute approximate surface area is 141 Å². The highest BCUT2D eigenvalue weighted by Crippen LogP contribution is 2.30. The molecule has 0 saturated carbocycles. The standard InChI is InChI=1S/C18H22N2O4/c1-24-17-13-15(20(9-11-21)10-12-22)7-8-16(17)19-18(23)14-5-3-2-4-6-14/h2-8,13,21-22H,9-12H2,1H3,(H,19,23).